The van der Waals surface area contributed by atoms with Crippen molar-refractivity contribution in [2.45, 2.75) is 44.9 Å². The molecule has 194 valence electrons. The van der Waals surface area contributed by atoms with Gasteiger partial charge >= 0.3 is 0 Å². The highest BCUT2D eigenvalue weighted by Gasteiger charge is 2.31. The van der Waals surface area contributed by atoms with E-state index in [1.54, 1.807) is 24.4 Å². The maximum absolute atomic E-state index is 13.5. The van der Waals surface area contributed by atoms with E-state index < -0.39 is 18.1 Å². The van der Waals surface area contributed by atoms with Crippen molar-refractivity contribution in [3.05, 3.63) is 70.4 Å². The summed E-state index contributed by atoms with van der Waals surface area (Å²) in [6, 6.07) is 12.3. The average molecular weight is 523 g/mol. The van der Waals surface area contributed by atoms with E-state index in [0.717, 1.165) is 48.8 Å². The summed E-state index contributed by atoms with van der Waals surface area (Å²) in [6.07, 6.45) is 3.80. The highest BCUT2D eigenvalue weighted by atomic mass is 35.5. The molecular weight excluding hydrogens is 492 g/mol. The first-order chi connectivity index (χ1) is 18.0. The molecule has 0 spiro atoms. The summed E-state index contributed by atoms with van der Waals surface area (Å²) in [5.41, 5.74) is 3.08. The van der Waals surface area contributed by atoms with Crippen LogP contribution in [0.25, 0.3) is 10.9 Å². The van der Waals surface area contributed by atoms with Gasteiger partial charge in [-0.25, -0.2) is 0 Å². The molecule has 0 radical (unpaired) electrons. The molecule has 37 heavy (non-hydrogen) atoms. The van der Waals surface area contributed by atoms with Crippen LogP contribution >= 0.6 is 11.6 Å². The van der Waals surface area contributed by atoms with Gasteiger partial charge in [0.05, 0.1) is 23.2 Å². The predicted octanol–water partition coefficient (Wildman–Crippen LogP) is 4.23. The van der Waals surface area contributed by atoms with Crippen molar-refractivity contribution >= 4 is 34.1 Å². The topological polar surface area (TPSA) is 96.3 Å². The first-order valence-corrected chi connectivity index (χ1v) is 13.1. The fraction of sp³-hybridized carbons (Fsp3) is 0.393. The molecule has 2 aliphatic heterocycles. The number of hydrogen-bond donors (Lipinski definition) is 2. The van der Waals surface area contributed by atoms with E-state index in [1.165, 1.54) is 0 Å². The van der Waals surface area contributed by atoms with Crippen LogP contribution in [0.2, 0.25) is 5.02 Å². The van der Waals surface area contributed by atoms with E-state index >= 15 is 0 Å². The summed E-state index contributed by atoms with van der Waals surface area (Å²) in [6.45, 7) is 5.18. The van der Waals surface area contributed by atoms with Crippen molar-refractivity contribution < 1.29 is 19.5 Å². The maximum atomic E-state index is 13.5. The second-order valence-electron chi connectivity index (χ2n) is 9.45. The number of likely N-dealkylation sites (tertiary alicyclic amines) is 1. The number of carbonyl (C=O) groups excluding carboxylic acids is 1. The highest BCUT2D eigenvalue weighted by molar-refractivity contribution is 6.46. The van der Waals surface area contributed by atoms with Crippen LogP contribution in [0.3, 0.4) is 0 Å². The normalized spacial score (nSPS) is 17.0. The number of halogens is 1. The van der Waals surface area contributed by atoms with Gasteiger partial charge in [0.15, 0.2) is 5.71 Å². The van der Waals surface area contributed by atoms with Crippen molar-refractivity contribution in [2.24, 2.45) is 5.16 Å². The molecule has 0 saturated carbocycles. The number of pyridine rings is 1. The lowest BCUT2D eigenvalue weighted by molar-refractivity contribution is -0.116. The predicted molar refractivity (Wildman–Crippen MR) is 143 cm³/mol. The summed E-state index contributed by atoms with van der Waals surface area (Å²) in [7, 11) is 0. The third kappa shape index (κ3) is 5.56. The number of hydrogen-bond acceptors (Lipinski definition) is 7. The number of ether oxygens (including phenoxy) is 1. The minimum atomic E-state index is -0.981. The summed E-state index contributed by atoms with van der Waals surface area (Å²) in [5, 5.41) is 19.9. The van der Waals surface area contributed by atoms with Gasteiger partial charge in [-0.15, -0.1) is 0 Å². The third-order valence-corrected chi connectivity index (χ3v) is 7.12. The van der Waals surface area contributed by atoms with Crippen LogP contribution in [0.15, 0.2) is 53.8 Å². The Balaban J connectivity index is 1.40. The largest absolute Gasteiger partial charge is 0.492 e. The van der Waals surface area contributed by atoms with Gasteiger partial charge in [-0.3, -0.25) is 9.78 Å². The van der Waals surface area contributed by atoms with Crippen LogP contribution in [-0.2, 0) is 16.2 Å². The van der Waals surface area contributed by atoms with E-state index in [4.69, 9.17) is 21.2 Å². The number of aromatic nitrogens is 1. The molecule has 1 fully saturated rings. The second kappa shape index (κ2) is 11.5. The number of amides is 1. The fourth-order valence-corrected chi connectivity index (χ4v) is 5.16. The zero-order chi connectivity index (χ0) is 25.8. The molecule has 8 nitrogen and oxygen atoms in total. The first-order valence-electron chi connectivity index (χ1n) is 12.8. The Morgan fingerprint density at radius 3 is 2.86 bits per heavy atom. The van der Waals surface area contributed by atoms with Crippen LogP contribution in [0, 0.1) is 0 Å². The van der Waals surface area contributed by atoms with Gasteiger partial charge in [-0.2, -0.15) is 0 Å². The Kier molecular flexibility index (Phi) is 7.88. The lowest BCUT2D eigenvalue weighted by Gasteiger charge is -2.29. The molecular formula is C28H31ClN4O4. The molecule has 0 aliphatic carbocycles. The van der Waals surface area contributed by atoms with Crippen LogP contribution in [0.1, 0.15) is 49.0 Å². The van der Waals surface area contributed by atoms with Gasteiger partial charge in [0.2, 0.25) is 0 Å². The number of oxime groups is 1. The van der Waals surface area contributed by atoms with Crippen molar-refractivity contribution in [1.29, 1.82) is 0 Å². The average Bonchev–Trinajstić information content (AvgIpc) is 3.44. The van der Waals surface area contributed by atoms with Crippen molar-refractivity contribution in [1.82, 2.24) is 15.2 Å². The quantitative estimate of drug-likeness (QED) is 0.436. The number of carbonyl (C=O) groups is 1. The Labute approximate surface area is 221 Å². The van der Waals surface area contributed by atoms with Crippen molar-refractivity contribution in [2.75, 3.05) is 26.2 Å². The van der Waals surface area contributed by atoms with Crippen molar-refractivity contribution in [3.63, 3.8) is 0 Å². The summed E-state index contributed by atoms with van der Waals surface area (Å²) in [4.78, 5) is 25.7. The highest BCUT2D eigenvalue weighted by Crippen LogP contribution is 2.30. The summed E-state index contributed by atoms with van der Waals surface area (Å²) < 4.78 is 5.67. The minimum absolute atomic E-state index is 0.175. The smallest absolute Gasteiger partial charge is 0.274 e. The summed E-state index contributed by atoms with van der Waals surface area (Å²) >= 11 is 6.44. The number of nitrogens with zero attached hydrogens (tertiary/aromatic N) is 3. The van der Waals surface area contributed by atoms with Crippen molar-refractivity contribution in [3.8, 4) is 5.75 Å². The monoisotopic (exact) mass is 522 g/mol. The number of benzene rings is 2. The molecule has 2 atom stereocenters. The van der Waals surface area contributed by atoms with Crippen LogP contribution in [0.5, 0.6) is 5.75 Å². The van der Waals surface area contributed by atoms with Gasteiger partial charge in [0, 0.05) is 29.3 Å². The molecule has 3 heterocycles. The molecule has 1 aromatic heterocycles. The molecule has 1 saturated heterocycles. The molecule has 9 heteroatoms. The number of aliphatic hydroxyl groups is 1. The molecule has 0 bridgehead atoms. The zero-order valence-corrected chi connectivity index (χ0v) is 21.6. The van der Waals surface area contributed by atoms with E-state index in [1.807, 2.05) is 31.2 Å². The van der Waals surface area contributed by atoms with Gasteiger partial charge in [0.25, 0.3) is 5.91 Å². The van der Waals surface area contributed by atoms with Gasteiger partial charge < -0.3 is 24.9 Å². The zero-order valence-electron chi connectivity index (χ0n) is 20.8. The molecule has 0 unspecified atom stereocenters. The van der Waals surface area contributed by atoms with Gasteiger partial charge in [-0.05, 0) is 56.1 Å². The molecule has 1 amide bonds. The van der Waals surface area contributed by atoms with E-state index in [2.05, 4.69) is 20.4 Å². The number of fused-ring (bicyclic) bond motifs is 3. The molecule has 3 aromatic rings. The van der Waals surface area contributed by atoms with Crippen LogP contribution in [-0.4, -0.2) is 58.9 Å². The molecule has 2 aliphatic rings. The lowest BCUT2D eigenvalue weighted by Crippen LogP contribution is -2.49. The van der Waals surface area contributed by atoms with Gasteiger partial charge in [-0.1, -0.05) is 47.9 Å². The SMILES string of the molecule is CCCOc1ccc([C@@H](O)[C@@H](CN2CCCC2)NC(=O)C2=NOCc3c2ccc2cccnc32)cc1Cl. The third-order valence-electron chi connectivity index (χ3n) is 6.82. The first kappa shape index (κ1) is 25.4. The minimum Gasteiger partial charge on any atom is -0.492 e. The summed E-state index contributed by atoms with van der Waals surface area (Å²) in [5.74, 6) is 0.166. The van der Waals surface area contributed by atoms with Gasteiger partial charge in [0.1, 0.15) is 18.5 Å². The molecule has 2 N–H and O–H groups in total. The Morgan fingerprint density at radius 1 is 1.24 bits per heavy atom. The number of aliphatic hydroxyl groups excluding tert-OH is 1. The second-order valence-corrected chi connectivity index (χ2v) is 9.86. The number of rotatable bonds is 9. The fourth-order valence-electron chi connectivity index (χ4n) is 4.91. The standard InChI is InChI=1S/C28H31ClN4O4/c1-2-14-36-24-10-8-19(15-22(24)29)27(34)23(16-33-12-3-4-13-33)31-28(35)26-20-9-7-18-6-5-11-30-25(18)21(20)17-37-32-26/h5-11,15,23,27,34H,2-4,12-14,16-17H2,1H3,(H,31,35)/t23-,27-/m1/s1. The van der Waals surface area contributed by atoms with E-state index in [-0.39, 0.29) is 12.3 Å². The Bertz CT molecular complexity index is 1310. The maximum Gasteiger partial charge on any atom is 0.274 e. The Hall–Kier alpha value is -3.20. The van der Waals surface area contributed by atoms with E-state index in [9.17, 15) is 9.90 Å². The molecule has 5 rings (SSSR count). The van der Waals surface area contributed by atoms with Crippen LogP contribution < -0.4 is 10.1 Å². The van der Waals surface area contributed by atoms with Crippen LogP contribution in [0.4, 0.5) is 0 Å². The Morgan fingerprint density at radius 2 is 2.08 bits per heavy atom. The molecule has 2 aromatic carbocycles. The number of nitrogens with one attached hydrogen (secondary N) is 1. The lowest BCUT2D eigenvalue weighted by atomic mass is 9.97. The van der Waals surface area contributed by atoms with E-state index in [0.29, 0.717) is 35.1 Å².